The molecular weight excluding hydrogens is 302 g/mol. The van der Waals surface area contributed by atoms with Gasteiger partial charge in [0, 0.05) is 36.6 Å². The molecule has 5 nitrogen and oxygen atoms in total. The Morgan fingerprint density at radius 3 is 2.46 bits per heavy atom. The lowest BCUT2D eigenvalue weighted by molar-refractivity contribution is 0.0793. The van der Waals surface area contributed by atoms with Gasteiger partial charge in [-0.05, 0) is 49.7 Å². The number of benzene rings is 1. The van der Waals surface area contributed by atoms with Gasteiger partial charge < -0.3 is 10.2 Å². The number of aromatic nitrogens is 1. The summed E-state index contributed by atoms with van der Waals surface area (Å²) in [6.45, 7) is 4.38. The molecule has 2 aromatic rings. The Bertz CT molecular complexity index is 711. The molecule has 0 aliphatic carbocycles. The predicted molar refractivity (Wildman–Crippen MR) is 95.8 cm³/mol. The minimum atomic E-state index is -0.0131. The lowest BCUT2D eigenvalue weighted by atomic mass is 10.1. The van der Waals surface area contributed by atoms with Crippen molar-refractivity contribution in [1.82, 2.24) is 9.88 Å². The highest BCUT2D eigenvalue weighted by atomic mass is 16.2. The number of nitrogens with one attached hydrogen (secondary N) is 1. The zero-order valence-electron chi connectivity index (χ0n) is 14.4. The lowest BCUT2D eigenvalue weighted by Gasteiger charge is -2.17. The molecule has 126 valence electrons. The summed E-state index contributed by atoms with van der Waals surface area (Å²) in [5.41, 5.74) is 2.08. The van der Waals surface area contributed by atoms with Crippen LogP contribution in [-0.2, 0) is 0 Å². The number of rotatable bonds is 7. The molecular formula is C19H23N3O2. The number of ketones is 1. The molecule has 2 rings (SSSR count). The van der Waals surface area contributed by atoms with Crippen LogP contribution in [0.5, 0.6) is 0 Å². The average Bonchev–Trinajstić information content (AvgIpc) is 2.59. The van der Waals surface area contributed by atoms with Gasteiger partial charge in [-0.3, -0.25) is 9.59 Å². The molecule has 0 spiro atoms. The van der Waals surface area contributed by atoms with Crippen LogP contribution in [0.4, 0.5) is 11.5 Å². The standard InChI is InChI=1S/C19H23N3O2/c1-4-5-12-22(3)19(24)16-10-11-20-18(13-16)21-17-8-6-15(7-9-17)14(2)23/h6-11,13H,4-5,12H2,1-3H3,(H,20,21). The Balaban J connectivity index is 2.09. The fraction of sp³-hybridized carbons (Fsp3) is 0.316. The van der Waals surface area contributed by atoms with Crippen LogP contribution < -0.4 is 5.32 Å². The summed E-state index contributed by atoms with van der Waals surface area (Å²) in [5.74, 6) is 0.614. The van der Waals surface area contributed by atoms with Crippen LogP contribution in [0.3, 0.4) is 0 Å². The van der Waals surface area contributed by atoms with Gasteiger partial charge in [-0.25, -0.2) is 4.98 Å². The molecule has 0 fully saturated rings. The number of carbonyl (C=O) groups excluding carboxylic acids is 2. The van der Waals surface area contributed by atoms with E-state index in [1.54, 1.807) is 35.4 Å². The first-order valence-electron chi connectivity index (χ1n) is 8.10. The maximum Gasteiger partial charge on any atom is 0.253 e. The Morgan fingerprint density at radius 1 is 1.12 bits per heavy atom. The highest BCUT2D eigenvalue weighted by molar-refractivity contribution is 5.95. The van der Waals surface area contributed by atoms with E-state index in [4.69, 9.17) is 0 Å². The molecule has 0 radical (unpaired) electrons. The van der Waals surface area contributed by atoms with Gasteiger partial charge in [0.15, 0.2) is 5.78 Å². The van der Waals surface area contributed by atoms with Crippen LogP contribution in [0, 0.1) is 0 Å². The first-order valence-corrected chi connectivity index (χ1v) is 8.10. The fourth-order valence-corrected chi connectivity index (χ4v) is 2.29. The van der Waals surface area contributed by atoms with E-state index in [2.05, 4.69) is 17.2 Å². The van der Waals surface area contributed by atoms with Gasteiger partial charge in [-0.1, -0.05) is 13.3 Å². The smallest absolute Gasteiger partial charge is 0.253 e. The molecule has 0 saturated heterocycles. The predicted octanol–water partition coefficient (Wildman–Crippen LogP) is 3.90. The van der Waals surface area contributed by atoms with Crippen LogP contribution in [0.15, 0.2) is 42.6 Å². The molecule has 1 N–H and O–H groups in total. The number of anilines is 2. The third kappa shape index (κ3) is 4.65. The summed E-state index contributed by atoms with van der Waals surface area (Å²) < 4.78 is 0. The van der Waals surface area contributed by atoms with Crippen molar-refractivity contribution < 1.29 is 9.59 Å². The molecule has 0 saturated carbocycles. The zero-order chi connectivity index (χ0) is 17.5. The van der Waals surface area contributed by atoms with Crippen LogP contribution in [0.1, 0.15) is 47.4 Å². The largest absolute Gasteiger partial charge is 0.342 e. The van der Waals surface area contributed by atoms with Crippen molar-refractivity contribution in [1.29, 1.82) is 0 Å². The molecule has 0 unspecified atom stereocenters. The highest BCUT2D eigenvalue weighted by Gasteiger charge is 2.12. The van der Waals surface area contributed by atoms with Gasteiger partial charge >= 0.3 is 0 Å². The van der Waals surface area contributed by atoms with Gasteiger partial charge in [0.1, 0.15) is 5.82 Å². The van der Waals surface area contributed by atoms with Crippen LogP contribution in [0.2, 0.25) is 0 Å². The van der Waals surface area contributed by atoms with Crippen molar-refractivity contribution in [3.05, 3.63) is 53.7 Å². The maximum atomic E-state index is 12.4. The van der Waals surface area contributed by atoms with E-state index in [-0.39, 0.29) is 11.7 Å². The zero-order valence-corrected chi connectivity index (χ0v) is 14.4. The highest BCUT2D eigenvalue weighted by Crippen LogP contribution is 2.17. The summed E-state index contributed by atoms with van der Waals surface area (Å²) in [7, 11) is 1.81. The Morgan fingerprint density at radius 2 is 1.83 bits per heavy atom. The van der Waals surface area contributed by atoms with E-state index < -0.39 is 0 Å². The van der Waals surface area contributed by atoms with Crippen molar-refractivity contribution in [2.75, 3.05) is 18.9 Å². The lowest BCUT2D eigenvalue weighted by Crippen LogP contribution is -2.27. The first-order chi connectivity index (χ1) is 11.5. The van der Waals surface area contributed by atoms with Gasteiger partial charge in [0.25, 0.3) is 5.91 Å². The van der Waals surface area contributed by atoms with E-state index in [0.29, 0.717) is 16.9 Å². The molecule has 1 amide bonds. The van der Waals surface area contributed by atoms with Crippen molar-refractivity contribution in [3.8, 4) is 0 Å². The van der Waals surface area contributed by atoms with Crippen LogP contribution >= 0.6 is 0 Å². The van der Waals surface area contributed by atoms with Crippen molar-refractivity contribution >= 4 is 23.2 Å². The average molecular weight is 325 g/mol. The van der Waals surface area contributed by atoms with Gasteiger partial charge in [-0.2, -0.15) is 0 Å². The number of unbranched alkanes of at least 4 members (excludes halogenated alkanes) is 1. The summed E-state index contributed by atoms with van der Waals surface area (Å²) in [6, 6.07) is 10.6. The minimum Gasteiger partial charge on any atom is -0.342 e. The first kappa shape index (κ1) is 17.7. The summed E-state index contributed by atoms with van der Waals surface area (Å²) in [4.78, 5) is 29.7. The number of hydrogen-bond donors (Lipinski definition) is 1. The minimum absolute atomic E-state index is 0.0131. The summed E-state index contributed by atoms with van der Waals surface area (Å²) in [5, 5.41) is 3.15. The number of nitrogens with zero attached hydrogens (tertiary/aromatic N) is 2. The van der Waals surface area contributed by atoms with Gasteiger partial charge in [0.05, 0.1) is 0 Å². The molecule has 0 atom stereocenters. The second-order valence-electron chi connectivity index (χ2n) is 5.77. The molecule has 1 heterocycles. The Labute approximate surface area is 142 Å². The monoisotopic (exact) mass is 325 g/mol. The summed E-state index contributed by atoms with van der Waals surface area (Å²) >= 11 is 0. The molecule has 1 aromatic carbocycles. The molecule has 0 aliphatic rings. The summed E-state index contributed by atoms with van der Waals surface area (Å²) in [6.07, 6.45) is 3.66. The third-order valence-electron chi connectivity index (χ3n) is 3.76. The topological polar surface area (TPSA) is 62.3 Å². The molecule has 24 heavy (non-hydrogen) atoms. The normalized spacial score (nSPS) is 10.3. The van der Waals surface area contributed by atoms with E-state index in [1.807, 2.05) is 19.2 Å². The fourth-order valence-electron chi connectivity index (χ4n) is 2.29. The number of amides is 1. The third-order valence-corrected chi connectivity index (χ3v) is 3.76. The van der Waals surface area contributed by atoms with E-state index in [9.17, 15) is 9.59 Å². The van der Waals surface area contributed by atoms with Crippen molar-refractivity contribution in [3.63, 3.8) is 0 Å². The van der Waals surface area contributed by atoms with Gasteiger partial charge in [-0.15, -0.1) is 0 Å². The maximum absolute atomic E-state index is 12.4. The SMILES string of the molecule is CCCCN(C)C(=O)c1ccnc(Nc2ccc(C(C)=O)cc2)c1. The molecule has 1 aromatic heterocycles. The number of pyridine rings is 1. The van der Waals surface area contributed by atoms with E-state index in [0.717, 1.165) is 25.1 Å². The number of Topliss-reactive ketones (excluding diaryl/α,β-unsaturated/α-hetero) is 1. The Kier molecular flexibility index (Phi) is 6.07. The Hall–Kier alpha value is -2.69. The molecule has 0 bridgehead atoms. The second-order valence-corrected chi connectivity index (χ2v) is 5.77. The quantitative estimate of drug-likeness (QED) is 0.784. The molecule has 0 aliphatic heterocycles. The van der Waals surface area contributed by atoms with E-state index >= 15 is 0 Å². The van der Waals surface area contributed by atoms with Crippen LogP contribution in [0.25, 0.3) is 0 Å². The second kappa shape index (κ2) is 8.24. The van der Waals surface area contributed by atoms with Crippen molar-refractivity contribution in [2.45, 2.75) is 26.7 Å². The number of carbonyl (C=O) groups is 2. The van der Waals surface area contributed by atoms with Crippen molar-refractivity contribution in [2.24, 2.45) is 0 Å². The van der Waals surface area contributed by atoms with Gasteiger partial charge in [0.2, 0.25) is 0 Å². The van der Waals surface area contributed by atoms with Crippen LogP contribution in [-0.4, -0.2) is 35.2 Å². The molecule has 5 heteroatoms. The number of hydrogen-bond acceptors (Lipinski definition) is 4. The van der Waals surface area contributed by atoms with E-state index in [1.165, 1.54) is 6.92 Å².